The third kappa shape index (κ3) is 5.99. The molecule has 2 aliphatic rings. The monoisotopic (exact) mass is 473 g/mol. The quantitative estimate of drug-likeness (QED) is 0.660. The van der Waals surface area contributed by atoms with Gasteiger partial charge in [0.2, 0.25) is 10.0 Å². The Hall–Kier alpha value is -2.30. The molecule has 1 amide bonds. The van der Waals surface area contributed by atoms with E-state index in [-0.39, 0.29) is 10.8 Å². The van der Waals surface area contributed by atoms with Gasteiger partial charge >= 0.3 is 0 Å². The van der Waals surface area contributed by atoms with Crippen LogP contribution in [0.3, 0.4) is 0 Å². The number of hydrogen-bond acceptors (Lipinski definition) is 6. The summed E-state index contributed by atoms with van der Waals surface area (Å²) >= 11 is 0. The highest BCUT2D eigenvalue weighted by Crippen LogP contribution is 2.22. The van der Waals surface area contributed by atoms with Gasteiger partial charge in [0.1, 0.15) is 0 Å². The zero-order valence-corrected chi connectivity index (χ0v) is 19.8. The van der Waals surface area contributed by atoms with E-state index in [1.54, 1.807) is 19.1 Å². The van der Waals surface area contributed by atoms with E-state index in [0.717, 1.165) is 38.4 Å². The van der Waals surface area contributed by atoms with E-state index in [1.807, 2.05) is 12.1 Å². The molecule has 33 heavy (non-hydrogen) atoms. The van der Waals surface area contributed by atoms with Crippen molar-refractivity contribution < 1.29 is 22.7 Å². The number of sulfonamides is 1. The Labute approximate surface area is 195 Å². The standard InChI is InChI=1S/C24H31N3O5S/c1-19-2-7-22(16-23(19)33(29,30)27-10-14-32-15-11-27)24(28)25-17-20-3-5-21(6-4-20)18-26-8-12-31-13-9-26/h2-7,16H,8-15,17-18H2,1H3,(H,25,28). The second-order valence-electron chi connectivity index (χ2n) is 8.38. The summed E-state index contributed by atoms with van der Waals surface area (Å²) in [6.07, 6.45) is 0. The summed E-state index contributed by atoms with van der Waals surface area (Å²) in [5.74, 6) is -0.300. The maximum atomic E-state index is 13.1. The summed E-state index contributed by atoms with van der Waals surface area (Å²) in [5.41, 5.74) is 3.16. The van der Waals surface area contributed by atoms with Gasteiger partial charge in [-0.2, -0.15) is 4.31 Å². The van der Waals surface area contributed by atoms with Gasteiger partial charge in [-0.1, -0.05) is 30.3 Å². The second-order valence-corrected chi connectivity index (χ2v) is 10.3. The van der Waals surface area contributed by atoms with Gasteiger partial charge in [0.25, 0.3) is 5.91 Å². The van der Waals surface area contributed by atoms with Crippen molar-refractivity contribution in [1.82, 2.24) is 14.5 Å². The third-order valence-electron chi connectivity index (χ3n) is 6.02. The zero-order valence-electron chi connectivity index (χ0n) is 19.0. The fourth-order valence-electron chi connectivity index (χ4n) is 4.01. The number of ether oxygens (including phenoxy) is 2. The van der Waals surface area contributed by atoms with Crippen molar-refractivity contribution in [3.8, 4) is 0 Å². The Balaban J connectivity index is 1.38. The molecule has 178 valence electrons. The first-order valence-corrected chi connectivity index (χ1v) is 12.7. The van der Waals surface area contributed by atoms with Crippen molar-refractivity contribution in [2.75, 3.05) is 52.6 Å². The molecule has 0 spiro atoms. The Bertz CT molecular complexity index is 1060. The molecule has 0 unspecified atom stereocenters. The molecule has 2 aliphatic heterocycles. The van der Waals surface area contributed by atoms with Crippen molar-refractivity contribution in [2.24, 2.45) is 0 Å². The first kappa shape index (κ1) is 23.8. The smallest absolute Gasteiger partial charge is 0.251 e. The van der Waals surface area contributed by atoms with Crippen LogP contribution in [0.1, 0.15) is 27.0 Å². The largest absolute Gasteiger partial charge is 0.379 e. The maximum Gasteiger partial charge on any atom is 0.251 e. The number of aryl methyl sites for hydroxylation is 1. The van der Waals surface area contributed by atoms with E-state index in [0.29, 0.717) is 44.0 Å². The molecule has 2 fully saturated rings. The minimum Gasteiger partial charge on any atom is -0.379 e. The van der Waals surface area contributed by atoms with E-state index < -0.39 is 10.0 Å². The molecule has 8 nitrogen and oxygen atoms in total. The Morgan fingerprint density at radius 3 is 2.18 bits per heavy atom. The van der Waals surface area contributed by atoms with Crippen LogP contribution in [0, 0.1) is 6.92 Å². The van der Waals surface area contributed by atoms with Crippen LogP contribution in [0.15, 0.2) is 47.4 Å². The van der Waals surface area contributed by atoms with Gasteiger partial charge in [-0.15, -0.1) is 0 Å². The number of amides is 1. The predicted molar refractivity (Wildman–Crippen MR) is 124 cm³/mol. The molecule has 2 heterocycles. The molecule has 0 radical (unpaired) electrons. The van der Waals surface area contributed by atoms with E-state index >= 15 is 0 Å². The van der Waals surface area contributed by atoms with Crippen LogP contribution < -0.4 is 5.32 Å². The zero-order chi connectivity index (χ0) is 23.3. The van der Waals surface area contributed by atoms with Crippen molar-refractivity contribution in [1.29, 1.82) is 0 Å². The van der Waals surface area contributed by atoms with Gasteiger partial charge < -0.3 is 14.8 Å². The fourth-order valence-corrected chi connectivity index (χ4v) is 5.67. The lowest BCUT2D eigenvalue weighted by Gasteiger charge is -2.26. The Kier molecular flexibility index (Phi) is 7.77. The molecule has 9 heteroatoms. The molecule has 0 saturated carbocycles. The average Bonchev–Trinajstić information content (AvgIpc) is 2.85. The topological polar surface area (TPSA) is 88.2 Å². The van der Waals surface area contributed by atoms with Crippen LogP contribution in [0.5, 0.6) is 0 Å². The first-order chi connectivity index (χ1) is 15.9. The molecular formula is C24H31N3O5S. The fraction of sp³-hybridized carbons (Fsp3) is 0.458. The molecular weight excluding hydrogens is 442 g/mol. The first-order valence-electron chi connectivity index (χ1n) is 11.3. The SMILES string of the molecule is Cc1ccc(C(=O)NCc2ccc(CN3CCOCC3)cc2)cc1S(=O)(=O)N1CCOCC1. The van der Waals surface area contributed by atoms with Gasteiger partial charge in [0.15, 0.2) is 0 Å². The molecule has 0 bridgehead atoms. The lowest BCUT2D eigenvalue weighted by atomic mass is 10.1. The molecule has 1 N–H and O–H groups in total. The lowest BCUT2D eigenvalue weighted by molar-refractivity contribution is 0.0342. The molecule has 4 rings (SSSR count). The van der Waals surface area contributed by atoms with Crippen molar-refractivity contribution >= 4 is 15.9 Å². The number of morpholine rings is 2. The van der Waals surface area contributed by atoms with Crippen LogP contribution in [-0.2, 0) is 32.6 Å². The van der Waals surface area contributed by atoms with Crippen molar-refractivity contribution in [2.45, 2.75) is 24.9 Å². The van der Waals surface area contributed by atoms with Gasteiger partial charge in [0.05, 0.1) is 31.3 Å². The van der Waals surface area contributed by atoms with E-state index in [9.17, 15) is 13.2 Å². The number of hydrogen-bond donors (Lipinski definition) is 1. The molecule has 0 atom stereocenters. The second kappa shape index (κ2) is 10.8. The summed E-state index contributed by atoms with van der Waals surface area (Å²) in [5, 5.41) is 2.90. The summed E-state index contributed by atoms with van der Waals surface area (Å²) < 4.78 is 38.2. The van der Waals surface area contributed by atoms with Crippen LogP contribution in [0.25, 0.3) is 0 Å². The van der Waals surface area contributed by atoms with Gasteiger partial charge in [-0.05, 0) is 35.7 Å². The van der Waals surface area contributed by atoms with Gasteiger partial charge in [0, 0.05) is 44.8 Å². The third-order valence-corrected chi connectivity index (χ3v) is 8.06. The van der Waals surface area contributed by atoms with Gasteiger partial charge in [-0.25, -0.2) is 8.42 Å². The minimum atomic E-state index is -3.67. The molecule has 2 saturated heterocycles. The number of benzene rings is 2. The number of rotatable bonds is 7. The predicted octanol–water partition coefficient (Wildman–Crippen LogP) is 1.78. The van der Waals surface area contributed by atoms with Crippen molar-refractivity contribution in [3.05, 3.63) is 64.7 Å². The number of carbonyl (C=O) groups excluding carboxylic acids is 1. The van der Waals surface area contributed by atoms with Crippen LogP contribution >= 0.6 is 0 Å². The Morgan fingerprint density at radius 1 is 0.909 bits per heavy atom. The normalized spacial score (nSPS) is 18.2. The summed E-state index contributed by atoms with van der Waals surface area (Å²) in [6.45, 7) is 7.84. The molecule has 0 aromatic heterocycles. The van der Waals surface area contributed by atoms with E-state index in [2.05, 4.69) is 22.3 Å². The highest BCUT2D eigenvalue weighted by atomic mass is 32.2. The van der Waals surface area contributed by atoms with Crippen LogP contribution in [0.2, 0.25) is 0 Å². The highest BCUT2D eigenvalue weighted by molar-refractivity contribution is 7.89. The number of nitrogens with one attached hydrogen (secondary N) is 1. The molecule has 2 aromatic rings. The highest BCUT2D eigenvalue weighted by Gasteiger charge is 2.28. The molecule has 0 aliphatic carbocycles. The van der Waals surface area contributed by atoms with E-state index in [1.165, 1.54) is 15.9 Å². The summed E-state index contributed by atoms with van der Waals surface area (Å²) in [6, 6.07) is 13.0. The van der Waals surface area contributed by atoms with E-state index in [4.69, 9.17) is 9.47 Å². The summed E-state index contributed by atoms with van der Waals surface area (Å²) in [4.78, 5) is 15.3. The maximum absolute atomic E-state index is 13.1. The average molecular weight is 474 g/mol. The summed E-state index contributed by atoms with van der Waals surface area (Å²) in [7, 11) is -3.67. The lowest BCUT2D eigenvalue weighted by Crippen LogP contribution is -2.41. The Morgan fingerprint density at radius 2 is 1.52 bits per heavy atom. The number of nitrogens with zero attached hydrogens (tertiary/aromatic N) is 2. The molecule has 2 aromatic carbocycles. The van der Waals surface area contributed by atoms with Crippen LogP contribution in [-0.4, -0.2) is 76.1 Å². The van der Waals surface area contributed by atoms with Crippen molar-refractivity contribution in [3.63, 3.8) is 0 Å². The number of carbonyl (C=O) groups is 1. The minimum absolute atomic E-state index is 0.171. The van der Waals surface area contributed by atoms with Gasteiger partial charge in [-0.3, -0.25) is 9.69 Å². The van der Waals surface area contributed by atoms with Crippen LogP contribution in [0.4, 0.5) is 0 Å².